The molecule has 0 saturated carbocycles. The predicted molar refractivity (Wildman–Crippen MR) is 78.1 cm³/mol. The summed E-state index contributed by atoms with van der Waals surface area (Å²) in [7, 11) is 0. The molecular formula is C13H16Cl2N4. The lowest BCUT2D eigenvalue weighted by atomic mass is 10.0. The molecule has 2 aromatic rings. The lowest BCUT2D eigenvalue weighted by Crippen LogP contribution is -2.30. The number of benzene rings is 1. The van der Waals surface area contributed by atoms with E-state index in [0.717, 1.165) is 17.9 Å². The van der Waals surface area contributed by atoms with Crippen LogP contribution in [-0.4, -0.2) is 9.55 Å². The lowest BCUT2D eigenvalue weighted by molar-refractivity contribution is 0.523. The largest absolute Gasteiger partial charge is 0.335 e. The minimum atomic E-state index is -0.172. The smallest absolute Gasteiger partial charge is 0.110 e. The first-order chi connectivity index (χ1) is 9.17. The van der Waals surface area contributed by atoms with Crippen LogP contribution in [0, 0.1) is 0 Å². The van der Waals surface area contributed by atoms with E-state index in [2.05, 4.69) is 21.9 Å². The molecule has 1 atom stereocenters. The van der Waals surface area contributed by atoms with Crippen LogP contribution in [0.15, 0.2) is 30.6 Å². The van der Waals surface area contributed by atoms with E-state index >= 15 is 0 Å². The average molecular weight is 299 g/mol. The molecule has 0 saturated heterocycles. The molecule has 1 aromatic heterocycles. The van der Waals surface area contributed by atoms with Crippen molar-refractivity contribution in [3.05, 3.63) is 52.0 Å². The average Bonchev–Trinajstić information content (AvgIpc) is 2.84. The molecule has 1 heterocycles. The highest BCUT2D eigenvalue weighted by Gasteiger charge is 2.19. The fourth-order valence-corrected chi connectivity index (χ4v) is 2.75. The summed E-state index contributed by atoms with van der Waals surface area (Å²) in [6.45, 7) is 2.93. The normalized spacial score (nSPS) is 12.6. The van der Waals surface area contributed by atoms with Gasteiger partial charge in [-0.1, -0.05) is 29.3 Å². The van der Waals surface area contributed by atoms with E-state index in [9.17, 15) is 0 Å². The first-order valence-corrected chi connectivity index (χ1v) is 6.83. The van der Waals surface area contributed by atoms with Crippen LogP contribution in [0.5, 0.6) is 0 Å². The second kappa shape index (κ2) is 6.39. The summed E-state index contributed by atoms with van der Waals surface area (Å²) in [6, 6.07) is 5.25. The number of aromatic nitrogens is 2. The van der Waals surface area contributed by atoms with Crippen molar-refractivity contribution in [3.63, 3.8) is 0 Å². The predicted octanol–water partition coefficient (Wildman–Crippen LogP) is 2.96. The molecule has 3 N–H and O–H groups in total. The summed E-state index contributed by atoms with van der Waals surface area (Å²) in [4.78, 5) is 4.34. The van der Waals surface area contributed by atoms with E-state index in [1.807, 2.05) is 12.3 Å². The van der Waals surface area contributed by atoms with Crippen molar-refractivity contribution >= 4 is 23.2 Å². The molecule has 19 heavy (non-hydrogen) atoms. The number of imidazole rings is 1. The molecule has 0 aliphatic heterocycles. The molecule has 0 amide bonds. The Morgan fingerprint density at radius 2 is 2.05 bits per heavy atom. The summed E-state index contributed by atoms with van der Waals surface area (Å²) < 4.78 is 2.06. The van der Waals surface area contributed by atoms with Crippen LogP contribution >= 0.6 is 23.2 Å². The fourth-order valence-electron chi connectivity index (χ4n) is 2.09. The Balaban J connectivity index is 2.30. The van der Waals surface area contributed by atoms with E-state index in [-0.39, 0.29) is 6.04 Å². The molecule has 0 radical (unpaired) electrons. The van der Waals surface area contributed by atoms with E-state index < -0.39 is 0 Å². The van der Waals surface area contributed by atoms with Gasteiger partial charge in [-0.05, 0) is 19.1 Å². The number of nitrogens with one attached hydrogen (secondary N) is 1. The summed E-state index contributed by atoms with van der Waals surface area (Å²) in [5.74, 6) is 6.59. The van der Waals surface area contributed by atoms with Crippen LogP contribution < -0.4 is 11.3 Å². The van der Waals surface area contributed by atoms with Gasteiger partial charge in [-0.25, -0.2) is 4.98 Å². The van der Waals surface area contributed by atoms with E-state index in [1.54, 1.807) is 18.3 Å². The molecule has 4 nitrogen and oxygen atoms in total. The molecule has 0 fully saturated rings. The van der Waals surface area contributed by atoms with E-state index in [4.69, 9.17) is 29.0 Å². The zero-order valence-corrected chi connectivity index (χ0v) is 12.1. The van der Waals surface area contributed by atoms with Gasteiger partial charge in [-0.2, -0.15) is 0 Å². The number of aryl methyl sites for hydroxylation is 1. The monoisotopic (exact) mass is 298 g/mol. The van der Waals surface area contributed by atoms with Crippen LogP contribution in [-0.2, 0) is 13.0 Å². The van der Waals surface area contributed by atoms with Crippen LogP contribution in [0.1, 0.15) is 24.4 Å². The number of nitrogens with zero attached hydrogens (tertiary/aromatic N) is 2. The van der Waals surface area contributed by atoms with Gasteiger partial charge < -0.3 is 4.57 Å². The molecule has 0 spiro atoms. The van der Waals surface area contributed by atoms with Crippen LogP contribution in [0.2, 0.25) is 10.0 Å². The number of halogens is 2. The van der Waals surface area contributed by atoms with Crippen molar-refractivity contribution in [2.75, 3.05) is 0 Å². The highest BCUT2D eigenvalue weighted by molar-refractivity contribution is 6.36. The molecule has 102 valence electrons. The first-order valence-electron chi connectivity index (χ1n) is 6.07. The number of rotatable bonds is 5. The highest BCUT2D eigenvalue weighted by Crippen LogP contribution is 2.31. The summed E-state index contributed by atoms with van der Waals surface area (Å²) >= 11 is 12.4. The Hall–Kier alpha value is -1.07. The quantitative estimate of drug-likeness (QED) is 0.659. The summed E-state index contributed by atoms with van der Waals surface area (Å²) in [5.41, 5.74) is 3.57. The van der Waals surface area contributed by atoms with Crippen molar-refractivity contribution < 1.29 is 0 Å². The molecule has 2 rings (SSSR count). The lowest BCUT2D eigenvalue weighted by Gasteiger charge is -2.19. The Morgan fingerprint density at radius 1 is 1.37 bits per heavy atom. The van der Waals surface area contributed by atoms with Crippen molar-refractivity contribution in [2.24, 2.45) is 5.84 Å². The van der Waals surface area contributed by atoms with E-state index in [1.165, 1.54) is 0 Å². The van der Waals surface area contributed by atoms with Crippen molar-refractivity contribution in [2.45, 2.75) is 25.9 Å². The van der Waals surface area contributed by atoms with Gasteiger partial charge in [0, 0.05) is 41.0 Å². The standard InChI is InChI=1S/C13H16Cl2N4/c1-2-19-7-6-17-12(19)8-11(18-16)13-9(14)4-3-5-10(13)15/h3-7,11,18H,2,8,16H2,1H3. The molecular weight excluding hydrogens is 283 g/mol. The Labute approximate surface area is 122 Å². The minimum Gasteiger partial charge on any atom is -0.335 e. The maximum absolute atomic E-state index is 6.21. The Kier molecular flexibility index (Phi) is 4.82. The van der Waals surface area contributed by atoms with Crippen molar-refractivity contribution in [1.82, 2.24) is 15.0 Å². The van der Waals surface area contributed by atoms with Crippen LogP contribution in [0.3, 0.4) is 0 Å². The topological polar surface area (TPSA) is 55.9 Å². The van der Waals surface area contributed by atoms with E-state index in [0.29, 0.717) is 16.5 Å². The molecule has 0 aliphatic carbocycles. The van der Waals surface area contributed by atoms with Crippen molar-refractivity contribution in [1.29, 1.82) is 0 Å². The summed E-state index contributed by atoms with van der Waals surface area (Å²) in [6.07, 6.45) is 4.35. The minimum absolute atomic E-state index is 0.172. The van der Waals surface area contributed by atoms with Gasteiger partial charge in [-0.15, -0.1) is 0 Å². The highest BCUT2D eigenvalue weighted by atomic mass is 35.5. The third-order valence-electron chi connectivity index (χ3n) is 3.08. The maximum Gasteiger partial charge on any atom is 0.110 e. The zero-order chi connectivity index (χ0) is 13.8. The molecule has 1 unspecified atom stereocenters. The van der Waals surface area contributed by atoms with Crippen molar-refractivity contribution in [3.8, 4) is 0 Å². The number of hydrazine groups is 1. The first kappa shape index (κ1) is 14.3. The van der Waals surface area contributed by atoms with Gasteiger partial charge in [0.1, 0.15) is 5.82 Å². The van der Waals surface area contributed by atoms with Gasteiger partial charge in [0.05, 0.1) is 6.04 Å². The molecule has 1 aromatic carbocycles. The number of hydrogen-bond acceptors (Lipinski definition) is 3. The molecule has 6 heteroatoms. The zero-order valence-electron chi connectivity index (χ0n) is 10.6. The molecule has 0 bridgehead atoms. The van der Waals surface area contributed by atoms with Crippen LogP contribution in [0.25, 0.3) is 0 Å². The maximum atomic E-state index is 6.21. The second-order valence-electron chi connectivity index (χ2n) is 4.19. The summed E-state index contributed by atoms with van der Waals surface area (Å²) in [5, 5.41) is 1.20. The third kappa shape index (κ3) is 3.09. The van der Waals surface area contributed by atoms with Gasteiger partial charge in [0.25, 0.3) is 0 Å². The Morgan fingerprint density at radius 3 is 2.63 bits per heavy atom. The molecule has 0 aliphatic rings. The van der Waals surface area contributed by atoms with Gasteiger partial charge in [-0.3, -0.25) is 11.3 Å². The van der Waals surface area contributed by atoms with Gasteiger partial charge in [0.15, 0.2) is 0 Å². The number of hydrogen-bond donors (Lipinski definition) is 2. The third-order valence-corrected chi connectivity index (χ3v) is 3.74. The SMILES string of the molecule is CCn1ccnc1CC(NN)c1c(Cl)cccc1Cl. The van der Waals surface area contributed by atoms with Gasteiger partial charge in [0.2, 0.25) is 0 Å². The Bertz CT molecular complexity index is 533. The fraction of sp³-hybridized carbons (Fsp3) is 0.308. The van der Waals surface area contributed by atoms with Gasteiger partial charge >= 0.3 is 0 Å². The second-order valence-corrected chi connectivity index (χ2v) is 5.00. The van der Waals surface area contributed by atoms with Crippen LogP contribution in [0.4, 0.5) is 0 Å². The number of nitrogens with two attached hydrogens (primary N) is 1.